The van der Waals surface area contributed by atoms with Crippen molar-refractivity contribution in [2.45, 2.75) is 6.61 Å². The Morgan fingerprint density at radius 2 is 2.05 bits per heavy atom. The monoisotopic (exact) mass is 405 g/mol. The molecule has 1 aromatic carbocycles. The van der Waals surface area contributed by atoms with Crippen LogP contribution in [0.4, 0.5) is 5.82 Å². The van der Waals surface area contributed by atoms with Gasteiger partial charge in [-0.2, -0.15) is 0 Å². The predicted octanol–water partition coefficient (Wildman–Crippen LogP) is 4.05. The van der Waals surface area contributed by atoms with Gasteiger partial charge in [0.1, 0.15) is 5.82 Å². The maximum absolute atomic E-state index is 6.19. The summed E-state index contributed by atoms with van der Waals surface area (Å²) in [6, 6.07) is 5.50. The fraction of sp³-hybridized carbons (Fsp3) is 0.167. The summed E-state index contributed by atoms with van der Waals surface area (Å²) in [7, 11) is 1.59. The van der Waals surface area contributed by atoms with E-state index >= 15 is 0 Å². The molecule has 4 nitrogen and oxygen atoms in total. The van der Waals surface area contributed by atoms with Crippen molar-refractivity contribution in [2.75, 3.05) is 12.8 Å². The van der Waals surface area contributed by atoms with Crippen LogP contribution in [-0.2, 0) is 11.3 Å². The molecule has 19 heavy (non-hydrogen) atoms. The first-order valence-electron chi connectivity index (χ1n) is 5.29. The number of nitrogen functional groups attached to an aromatic ring is 1. The largest absolute Gasteiger partial charge is 0.383 e. The molecule has 1 aromatic heterocycles. The number of hydrogen-bond donors (Lipinski definition) is 1. The van der Waals surface area contributed by atoms with Crippen LogP contribution in [0.2, 0.25) is 5.02 Å². The zero-order valence-corrected chi connectivity index (χ0v) is 13.9. The Kier molecular flexibility index (Phi) is 4.78. The highest BCUT2D eigenvalue weighted by molar-refractivity contribution is 9.11. The molecule has 0 saturated heterocycles. The van der Waals surface area contributed by atoms with Crippen LogP contribution in [0.3, 0.4) is 0 Å². The third-order valence-corrected chi connectivity index (χ3v) is 4.07. The Morgan fingerprint density at radius 3 is 2.68 bits per heavy atom. The lowest BCUT2D eigenvalue weighted by atomic mass is 10.2. The minimum absolute atomic E-state index is 0.342. The van der Waals surface area contributed by atoms with Crippen molar-refractivity contribution in [3.8, 4) is 11.4 Å². The number of nitrogens with zero attached hydrogens (tertiary/aromatic N) is 2. The maximum Gasteiger partial charge on any atom is 0.163 e. The van der Waals surface area contributed by atoms with Crippen LogP contribution < -0.4 is 5.73 Å². The van der Waals surface area contributed by atoms with Crippen molar-refractivity contribution in [1.29, 1.82) is 0 Å². The normalized spacial score (nSPS) is 10.7. The van der Waals surface area contributed by atoms with Gasteiger partial charge in [-0.15, -0.1) is 0 Å². The minimum Gasteiger partial charge on any atom is -0.383 e. The van der Waals surface area contributed by atoms with Crippen LogP contribution in [0.15, 0.2) is 27.1 Å². The van der Waals surface area contributed by atoms with Crippen molar-refractivity contribution >= 4 is 49.3 Å². The molecule has 1 heterocycles. The fourth-order valence-electron chi connectivity index (χ4n) is 1.54. The molecule has 2 aromatic rings. The quantitative estimate of drug-likeness (QED) is 0.834. The third kappa shape index (κ3) is 3.25. The zero-order valence-electron chi connectivity index (χ0n) is 9.95. The van der Waals surface area contributed by atoms with Gasteiger partial charge in [-0.1, -0.05) is 27.5 Å². The lowest BCUT2D eigenvalue weighted by Crippen LogP contribution is -2.04. The molecule has 2 rings (SSSR count). The molecule has 0 radical (unpaired) electrons. The van der Waals surface area contributed by atoms with E-state index < -0.39 is 0 Å². The first-order chi connectivity index (χ1) is 9.02. The summed E-state index contributed by atoms with van der Waals surface area (Å²) in [5, 5.41) is 0.555. The lowest BCUT2D eigenvalue weighted by Gasteiger charge is -2.09. The van der Waals surface area contributed by atoms with E-state index in [-0.39, 0.29) is 0 Å². The Bertz CT molecular complexity index is 622. The van der Waals surface area contributed by atoms with Crippen LogP contribution in [0.25, 0.3) is 11.4 Å². The van der Waals surface area contributed by atoms with Crippen LogP contribution in [0.5, 0.6) is 0 Å². The summed E-state index contributed by atoms with van der Waals surface area (Å²) in [5.74, 6) is 0.835. The van der Waals surface area contributed by atoms with Gasteiger partial charge < -0.3 is 10.5 Å². The number of aromatic nitrogens is 2. The molecular formula is C12H10Br2ClN3O. The Morgan fingerprint density at radius 1 is 1.32 bits per heavy atom. The number of halogens is 3. The van der Waals surface area contributed by atoms with Gasteiger partial charge in [0.2, 0.25) is 0 Å². The Balaban J connectivity index is 2.56. The van der Waals surface area contributed by atoms with Crippen LogP contribution in [-0.4, -0.2) is 17.1 Å². The maximum atomic E-state index is 6.19. The summed E-state index contributed by atoms with van der Waals surface area (Å²) in [4.78, 5) is 8.66. The molecule has 0 amide bonds. The van der Waals surface area contributed by atoms with Gasteiger partial charge in [0.25, 0.3) is 0 Å². The molecule has 0 atom stereocenters. The van der Waals surface area contributed by atoms with E-state index in [1.54, 1.807) is 13.2 Å². The van der Waals surface area contributed by atoms with Gasteiger partial charge in [-0.25, -0.2) is 9.97 Å². The van der Waals surface area contributed by atoms with Gasteiger partial charge >= 0.3 is 0 Å². The molecular weight excluding hydrogens is 397 g/mol. The van der Waals surface area contributed by atoms with Gasteiger partial charge in [0, 0.05) is 17.1 Å². The standard InChI is InChI=1S/C12H10Br2ClN3O/c1-19-5-9-10(14)11(16)18-12(17-9)7-3-2-6(13)4-8(7)15/h2-4H,5H2,1H3,(H2,16,17,18). The van der Waals surface area contributed by atoms with E-state index in [1.807, 2.05) is 12.1 Å². The summed E-state index contributed by atoms with van der Waals surface area (Å²) >= 11 is 12.9. The highest BCUT2D eigenvalue weighted by Crippen LogP contribution is 2.31. The van der Waals surface area contributed by atoms with Gasteiger partial charge in [-0.3, -0.25) is 0 Å². The van der Waals surface area contributed by atoms with E-state index in [1.165, 1.54) is 0 Å². The predicted molar refractivity (Wildman–Crippen MR) is 83.0 cm³/mol. The molecule has 0 aliphatic carbocycles. The van der Waals surface area contributed by atoms with Crippen LogP contribution in [0, 0.1) is 0 Å². The molecule has 2 N–H and O–H groups in total. The molecule has 0 aliphatic rings. The topological polar surface area (TPSA) is 61.0 Å². The van der Waals surface area contributed by atoms with Crippen molar-refractivity contribution in [3.05, 3.63) is 37.9 Å². The van der Waals surface area contributed by atoms with Crippen molar-refractivity contribution in [3.63, 3.8) is 0 Å². The van der Waals surface area contributed by atoms with E-state index in [9.17, 15) is 0 Å². The second kappa shape index (κ2) is 6.17. The van der Waals surface area contributed by atoms with E-state index in [0.29, 0.717) is 33.4 Å². The minimum atomic E-state index is 0.342. The Hall–Kier alpha value is -0.690. The van der Waals surface area contributed by atoms with E-state index in [0.717, 1.165) is 10.0 Å². The second-order valence-electron chi connectivity index (χ2n) is 3.75. The summed E-state index contributed by atoms with van der Waals surface area (Å²) in [6.45, 7) is 0.342. The van der Waals surface area contributed by atoms with Crippen molar-refractivity contribution < 1.29 is 4.74 Å². The van der Waals surface area contributed by atoms with Gasteiger partial charge in [-0.05, 0) is 34.1 Å². The van der Waals surface area contributed by atoms with Crippen molar-refractivity contribution in [2.24, 2.45) is 0 Å². The molecule has 100 valence electrons. The number of methoxy groups -OCH3 is 1. The average molecular weight is 407 g/mol. The number of anilines is 1. The highest BCUT2D eigenvalue weighted by atomic mass is 79.9. The molecule has 0 spiro atoms. The van der Waals surface area contributed by atoms with Crippen LogP contribution >= 0.6 is 43.5 Å². The average Bonchev–Trinajstić information content (AvgIpc) is 2.35. The molecule has 0 bridgehead atoms. The Labute approximate surface area is 132 Å². The highest BCUT2D eigenvalue weighted by Gasteiger charge is 2.13. The fourth-order valence-corrected chi connectivity index (χ4v) is 2.59. The second-order valence-corrected chi connectivity index (χ2v) is 5.87. The molecule has 7 heteroatoms. The van der Waals surface area contributed by atoms with E-state index in [2.05, 4.69) is 41.8 Å². The molecule has 0 saturated carbocycles. The number of hydrogen-bond acceptors (Lipinski definition) is 4. The van der Waals surface area contributed by atoms with Crippen molar-refractivity contribution in [1.82, 2.24) is 9.97 Å². The lowest BCUT2D eigenvalue weighted by molar-refractivity contribution is 0.181. The first-order valence-corrected chi connectivity index (χ1v) is 7.25. The van der Waals surface area contributed by atoms with Crippen LogP contribution in [0.1, 0.15) is 5.69 Å². The number of rotatable bonds is 3. The summed E-state index contributed by atoms with van der Waals surface area (Å²) in [6.07, 6.45) is 0. The van der Waals surface area contributed by atoms with Gasteiger partial charge in [0.05, 0.1) is 21.8 Å². The molecule has 0 fully saturated rings. The summed E-state index contributed by atoms with van der Waals surface area (Å²) < 4.78 is 6.62. The van der Waals surface area contributed by atoms with E-state index in [4.69, 9.17) is 22.1 Å². The molecule has 0 unspecified atom stereocenters. The zero-order chi connectivity index (χ0) is 14.0. The smallest absolute Gasteiger partial charge is 0.163 e. The first kappa shape index (κ1) is 14.7. The number of ether oxygens (including phenoxy) is 1. The number of nitrogens with two attached hydrogens (primary N) is 1. The third-order valence-electron chi connectivity index (χ3n) is 2.40. The summed E-state index contributed by atoms with van der Waals surface area (Å²) in [5.41, 5.74) is 7.27. The SMILES string of the molecule is COCc1nc(-c2ccc(Br)cc2Cl)nc(N)c1Br. The molecule has 0 aliphatic heterocycles. The number of benzene rings is 1. The van der Waals surface area contributed by atoms with Gasteiger partial charge in [0.15, 0.2) is 5.82 Å².